The molecule has 0 saturated carbocycles. The number of carbonyl (C=O) groups excluding carboxylic acids is 2. The van der Waals surface area contributed by atoms with E-state index >= 15 is 0 Å². The van der Waals surface area contributed by atoms with E-state index in [0.717, 1.165) is 0 Å². The molecule has 1 atom stereocenters. The van der Waals surface area contributed by atoms with Gasteiger partial charge in [0.1, 0.15) is 6.04 Å². The Morgan fingerprint density at radius 3 is 2.35 bits per heavy atom. The highest BCUT2D eigenvalue weighted by Crippen LogP contribution is 2.12. The lowest BCUT2D eigenvalue weighted by Crippen LogP contribution is -2.41. The highest BCUT2D eigenvalue weighted by atomic mass is 16.4. The maximum absolute atomic E-state index is 11.6. The van der Waals surface area contributed by atoms with E-state index in [0.29, 0.717) is 13.0 Å². The SMILES string of the molecule is C=CCC(NC(=O)CCCNC(=O)C(C)(C)C)C(=O)O. The Kier molecular flexibility index (Phi) is 7.57. The van der Waals surface area contributed by atoms with Gasteiger partial charge in [0.2, 0.25) is 11.8 Å². The lowest BCUT2D eigenvalue weighted by molar-refractivity contribution is -0.141. The molecule has 0 aliphatic rings. The van der Waals surface area contributed by atoms with Crippen molar-refractivity contribution in [2.45, 2.75) is 46.1 Å². The average Bonchev–Trinajstić information content (AvgIpc) is 2.32. The van der Waals surface area contributed by atoms with E-state index in [1.165, 1.54) is 6.08 Å². The predicted molar refractivity (Wildman–Crippen MR) is 76.1 cm³/mol. The summed E-state index contributed by atoms with van der Waals surface area (Å²) in [5.41, 5.74) is -0.458. The van der Waals surface area contributed by atoms with Gasteiger partial charge in [-0.05, 0) is 12.8 Å². The number of hydrogen-bond donors (Lipinski definition) is 3. The van der Waals surface area contributed by atoms with Crippen LogP contribution in [0, 0.1) is 5.41 Å². The lowest BCUT2D eigenvalue weighted by Gasteiger charge is -2.17. The molecule has 114 valence electrons. The number of carboxylic acids is 1. The Morgan fingerprint density at radius 1 is 1.30 bits per heavy atom. The minimum absolute atomic E-state index is 0.0759. The third-order valence-corrected chi connectivity index (χ3v) is 2.58. The van der Waals surface area contributed by atoms with Crippen molar-refractivity contribution in [3.63, 3.8) is 0 Å². The maximum Gasteiger partial charge on any atom is 0.326 e. The molecule has 6 nitrogen and oxygen atoms in total. The van der Waals surface area contributed by atoms with Crippen LogP contribution in [0.25, 0.3) is 0 Å². The summed E-state index contributed by atoms with van der Waals surface area (Å²) in [5, 5.41) is 14.0. The van der Waals surface area contributed by atoms with Crippen molar-refractivity contribution in [2.75, 3.05) is 6.54 Å². The number of aliphatic carboxylic acids is 1. The summed E-state index contributed by atoms with van der Waals surface area (Å²) < 4.78 is 0. The smallest absolute Gasteiger partial charge is 0.326 e. The van der Waals surface area contributed by atoms with Crippen molar-refractivity contribution in [3.8, 4) is 0 Å². The average molecular weight is 284 g/mol. The molecule has 3 N–H and O–H groups in total. The molecule has 0 heterocycles. The number of nitrogens with one attached hydrogen (secondary N) is 2. The summed E-state index contributed by atoms with van der Waals surface area (Å²) in [4.78, 5) is 33.9. The third kappa shape index (κ3) is 7.56. The van der Waals surface area contributed by atoms with E-state index in [2.05, 4.69) is 17.2 Å². The van der Waals surface area contributed by atoms with Crippen molar-refractivity contribution >= 4 is 17.8 Å². The second-order valence-electron chi connectivity index (χ2n) is 5.59. The normalized spacial score (nSPS) is 12.3. The molecule has 0 bridgehead atoms. The molecule has 0 saturated heterocycles. The van der Waals surface area contributed by atoms with Crippen LogP contribution in [0.4, 0.5) is 0 Å². The van der Waals surface area contributed by atoms with Crippen molar-refractivity contribution in [1.29, 1.82) is 0 Å². The van der Waals surface area contributed by atoms with Crippen molar-refractivity contribution in [1.82, 2.24) is 10.6 Å². The molecule has 0 aromatic heterocycles. The maximum atomic E-state index is 11.6. The second kappa shape index (κ2) is 8.35. The summed E-state index contributed by atoms with van der Waals surface area (Å²) in [6.45, 7) is 9.26. The van der Waals surface area contributed by atoms with Gasteiger partial charge < -0.3 is 15.7 Å². The van der Waals surface area contributed by atoms with Crippen molar-refractivity contribution < 1.29 is 19.5 Å². The Bertz CT molecular complexity index is 372. The van der Waals surface area contributed by atoms with E-state index in [1.807, 2.05) is 20.8 Å². The Hall–Kier alpha value is -1.85. The standard InChI is InChI=1S/C14H24N2O4/c1-5-7-10(12(18)19)16-11(17)8-6-9-15-13(20)14(2,3)4/h5,10H,1,6-9H2,2-4H3,(H,15,20)(H,16,17)(H,18,19). The van der Waals surface area contributed by atoms with E-state index in [9.17, 15) is 14.4 Å². The summed E-state index contributed by atoms with van der Waals surface area (Å²) in [6.07, 6.45) is 2.27. The van der Waals surface area contributed by atoms with Gasteiger partial charge in [-0.3, -0.25) is 9.59 Å². The molecular formula is C14H24N2O4. The highest BCUT2D eigenvalue weighted by Gasteiger charge is 2.21. The molecule has 20 heavy (non-hydrogen) atoms. The van der Waals surface area contributed by atoms with Crippen LogP contribution in [0.15, 0.2) is 12.7 Å². The van der Waals surface area contributed by atoms with E-state index < -0.39 is 17.4 Å². The monoisotopic (exact) mass is 284 g/mol. The number of carboxylic acid groups (broad SMARTS) is 1. The highest BCUT2D eigenvalue weighted by molar-refractivity contribution is 5.84. The van der Waals surface area contributed by atoms with Crippen LogP contribution in [0.3, 0.4) is 0 Å². The molecule has 6 heteroatoms. The number of amides is 2. The molecule has 1 unspecified atom stereocenters. The van der Waals surface area contributed by atoms with Crippen LogP contribution < -0.4 is 10.6 Å². The minimum Gasteiger partial charge on any atom is -0.480 e. The summed E-state index contributed by atoms with van der Waals surface area (Å²) in [7, 11) is 0. The largest absolute Gasteiger partial charge is 0.480 e. The van der Waals surface area contributed by atoms with Crippen LogP contribution in [0.2, 0.25) is 0 Å². The van der Waals surface area contributed by atoms with Crippen molar-refractivity contribution in [3.05, 3.63) is 12.7 Å². The van der Waals surface area contributed by atoms with Gasteiger partial charge in [0.15, 0.2) is 0 Å². The van der Waals surface area contributed by atoms with Gasteiger partial charge in [-0.15, -0.1) is 6.58 Å². The fraction of sp³-hybridized carbons (Fsp3) is 0.643. The van der Waals surface area contributed by atoms with E-state index in [1.54, 1.807) is 0 Å². The molecule has 0 fully saturated rings. The number of hydrogen-bond acceptors (Lipinski definition) is 3. The van der Waals surface area contributed by atoms with Gasteiger partial charge in [0.05, 0.1) is 0 Å². The topological polar surface area (TPSA) is 95.5 Å². The molecule has 2 amide bonds. The zero-order valence-corrected chi connectivity index (χ0v) is 12.4. The van der Waals surface area contributed by atoms with Crippen molar-refractivity contribution in [2.24, 2.45) is 5.41 Å². The summed E-state index contributed by atoms with van der Waals surface area (Å²) in [6, 6.07) is -0.941. The van der Waals surface area contributed by atoms with Crippen LogP contribution in [-0.4, -0.2) is 35.5 Å². The van der Waals surface area contributed by atoms with Gasteiger partial charge in [0, 0.05) is 18.4 Å². The Labute approximate surface area is 119 Å². The van der Waals surface area contributed by atoms with Crippen LogP contribution in [0.1, 0.15) is 40.0 Å². The molecular weight excluding hydrogens is 260 g/mol. The molecule has 0 spiro atoms. The zero-order chi connectivity index (χ0) is 15.8. The quantitative estimate of drug-likeness (QED) is 0.459. The molecule has 0 aromatic carbocycles. The number of carbonyl (C=O) groups is 3. The predicted octanol–water partition coefficient (Wildman–Crippen LogP) is 1.07. The molecule has 0 radical (unpaired) electrons. The fourth-order valence-electron chi connectivity index (χ4n) is 1.37. The Morgan fingerprint density at radius 2 is 1.90 bits per heavy atom. The van der Waals surface area contributed by atoms with E-state index in [4.69, 9.17) is 5.11 Å². The van der Waals surface area contributed by atoms with Crippen LogP contribution in [0.5, 0.6) is 0 Å². The molecule has 0 aliphatic carbocycles. The van der Waals surface area contributed by atoms with Gasteiger partial charge >= 0.3 is 5.97 Å². The van der Waals surface area contributed by atoms with Gasteiger partial charge in [-0.25, -0.2) is 4.79 Å². The van der Waals surface area contributed by atoms with Gasteiger partial charge in [-0.2, -0.15) is 0 Å². The summed E-state index contributed by atoms with van der Waals surface area (Å²) in [5.74, 6) is -1.50. The third-order valence-electron chi connectivity index (χ3n) is 2.58. The first-order valence-electron chi connectivity index (χ1n) is 6.60. The number of rotatable bonds is 8. The molecule has 0 rings (SSSR count). The first-order chi connectivity index (χ1) is 9.18. The lowest BCUT2D eigenvalue weighted by atomic mass is 9.96. The molecule has 0 aromatic rings. The second-order valence-corrected chi connectivity index (χ2v) is 5.59. The first kappa shape index (κ1) is 18.1. The van der Waals surface area contributed by atoms with E-state index in [-0.39, 0.29) is 24.7 Å². The van der Waals surface area contributed by atoms with Gasteiger partial charge in [-0.1, -0.05) is 26.8 Å². The fourth-order valence-corrected chi connectivity index (χ4v) is 1.37. The van der Waals surface area contributed by atoms with Gasteiger partial charge in [0.25, 0.3) is 0 Å². The van der Waals surface area contributed by atoms with Crippen LogP contribution >= 0.6 is 0 Å². The Balaban J connectivity index is 3.97. The zero-order valence-electron chi connectivity index (χ0n) is 12.4. The first-order valence-corrected chi connectivity index (χ1v) is 6.60. The minimum atomic E-state index is -1.08. The summed E-state index contributed by atoms with van der Waals surface area (Å²) >= 11 is 0. The molecule has 0 aliphatic heterocycles. The van der Waals surface area contributed by atoms with Crippen LogP contribution in [-0.2, 0) is 14.4 Å².